The topological polar surface area (TPSA) is 92.0 Å². The lowest BCUT2D eigenvalue weighted by molar-refractivity contribution is -0.173. The highest BCUT2D eigenvalue weighted by Crippen LogP contribution is 2.44. The smallest absolute Gasteiger partial charge is 0.410 e. The van der Waals surface area contributed by atoms with Crippen molar-refractivity contribution in [3.05, 3.63) is 57.6 Å². The number of nitriles is 1. The van der Waals surface area contributed by atoms with E-state index >= 15 is 0 Å². The maximum atomic E-state index is 14.0. The summed E-state index contributed by atoms with van der Waals surface area (Å²) >= 11 is 1.35. The van der Waals surface area contributed by atoms with Gasteiger partial charge in [-0.25, -0.2) is 4.68 Å². The van der Waals surface area contributed by atoms with Crippen LogP contribution in [0.3, 0.4) is 0 Å². The molecule has 0 spiro atoms. The molecule has 0 saturated carbocycles. The first-order valence-corrected chi connectivity index (χ1v) is 12.0. The fraction of sp³-hybridized carbons (Fsp3) is 0.375. The second-order valence-electron chi connectivity index (χ2n) is 8.61. The van der Waals surface area contributed by atoms with Gasteiger partial charge in [-0.15, -0.1) is 11.3 Å². The Kier molecular flexibility index (Phi) is 5.92. The lowest BCUT2D eigenvalue weighted by atomic mass is 9.96. The van der Waals surface area contributed by atoms with Crippen molar-refractivity contribution in [3.8, 4) is 11.8 Å². The number of halogens is 3. The van der Waals surface area contributed by atoms with Gasteiger partial charge in [-0.05, 0) is 48.9 Å². The quantitative estimate of drug-likeness (QED) is 0.484. The third-order valence-electron chi connectivity index (χ3n) is 6.43. The van der Waals surface area contributed by atoms with E-state index in [1.165, 1.54) is 24.5 Å². The number of rotatable bonds is 4. The molecule has 2 N–H and O–H groups in total. The molecule has 5 rings (SSSR count). The molecule has 1 aliphatic carbocycles. The predicted octanol–water partition coefficient (Wildman–Crippen LogP) is 5.62. The van der Waals surface area contributed by atoms with Crippen LogP contribution in [0.1, 0.15) is 63.4 Å². The first kappa shape index (κ1) is 23.2. The minimum Gasteiger partial charge on any atom is -0.497 e. The van der Waals surface area contributed by atoms with Crippen LogP contribution in [0.5, 0.6) is 5.75 Å². The van der Waals surface area contributed by atoms with Crippen molar-refractivity contribution in [2.45, 2.75) is 50.4 Å². The van der Waals surface area contributed by atoms with Gasteiger partial charge in [-0.1, -0.05) is 12.1 Å². The number of thiophene rings is 1. The van der Waals surface area contributed by atoms with Crippen molar-refractivity contribution in [1.82, 2.24) is 9.78 Å². The number of benzene rings is 1. The number of ether oxygens (including phenoxy) is 1. The Balaban J connectivity index is 1.45. The van der Waals surface area contributed by atoms with E-state index in [9.17, 15) is 23.2 Å². The Bertz CT molecular complexity index is 1320. The summed E-state index contributed by atoms with van der Waals surface area (Å²) in [6.07, 6.45) is -1.20. The second kappa shape index (κ2) is 8.92. The molecule has 0 saturated heterocycles. The first-order chi connectivity index (χ1) is 16.8. The van der Waals surface area contributed by atoms with Gasteiger partial charge in [0.25, 0.3) is 5.91 Å². The van der Waals surface area contributed by atoms with Gasteiger partial charge in [0.15, 0.2) is 11.7 Å². The number of nitrogens with one attached hydrogen (secondary N) is 2. The van der Waals surface area contributed by atoms with Gasteiger partial charge in [0.05, 0.1) is 18.7 Å². The van der Waals surface area contributed by atoms with Crippen molar-refractivity contribution in [2.75, 3.05) is 17.7 Å². The van der Waals surface area contributed by atoms with Gasteiger partial charge >= 0.3 is 6.18 Å². The van der Waals surface area contributed by atoms with Crippen LogP contribution in [-0.2, 0) is 12.8 Å². The average molecular weight is 502 g/mol. The van der Waals surface area contributed by atoms with E-state index in [0.29, 0.717) is 21.9 Å². The number of amides is 1. The fourth-order valence-electron chi connectivity index (χ4n) is 4.70. The Labute approximate surface area is 203 Å². The lowest BCUT2D eigenvalue weighted by Gasteiger charge is -2.33. The lowest BCUT2D eigenvalue weighted by Crippen LogP contribution is -2.35. The summed E-state index contributed by atoms with van der Waals surface area (Å²) in [6, 6.07) is 7.80. The summed E-state index contributed by atoms with van der Waals surface area (Å²) in [4.78, 5) is 14.1. The van der Waals surface area contributed by atoms with Crippen molar-refractivity contribution >= 4 is 28.1 Å². The summed E-state index contributed by atoms with van der Waals surface area (Å²) in [5.74, 6) is -0.0101. The van der Waals surface area contributed by atoms with E-state index in [4.69, 9.17) is 4.74 Å². The first-order valence-electron chi connectivity index (χ1n) is 11.2. The number of fused-ring (bicyclic) bond motifs is 2. The normalized spacial score (nSPS) is 19.2. The molecule has 0 radical (unpaired) electrons. The molecular formula is C24H22F3N5O2S. The molecule has 3 heterocycles. The van der Waals surface area contributed by atoms with Gasteiger partial charge in [0.1, 0.15) is 22.6 Å². The van der Waals surface area contributed by atoms with Gasteiger partial charge < -0.3 is 15.4 Å². The number of aromatic nitrogens is 2. The second-order valence-corrected chi connectivity index (χ2v) is 9.71. The van der Waals surface area contributed by atoms with E-state index < -0.39 is 24.2 Å². The summed E-state index contributed by atoms with van der Waals surface area (Å²) in [6.45, 7) is 0. The van der Waals surface area contributed by atoms with Gasteiger partial charge in [-0.3, -0.25) is 4.79 Å². The van der Waals surface area contributed by atoms with Crippen LogP contribution < -0.4 is 15.4 Å². The van der Waals surface area contributed by atoms with Crippen LogP contribution in [0.4, 0.5) is 24.0 Å². The van der Waals surface area contributed by atoms with E-state index in [0.717, 1.165) is 40.8 Å². The summed E-state index contributed by atoms with van der Waals surface area (Å²) in [7, 11) is 1.49. The standard InChI is InChI=1S/C24H22F3N5O2S/c1-34-14-6-4-5-13(9-14)17-10-20(24(25,26)27)32-21(29-17)11-18(31-32)22(33)30-23-16(12-28)15-7-2-3-8-19(15)35-23/h4-6,9,11,17,20,29H,2-3,7-8,10H2,1H3,(H,30,33)/t17-,20-/m1/s1. The van der Waals surface area contributed by atoms with Crippen LogP contribution >= 0.6 is 11.3 Å². The number of alkyl halides is 3. The number of nitrogens with zero attached hydrogens (tertiary/aromatic N) is 3. The van der Waals surface area contributed by atoms with Crippen molar-refractivity contribution in [2.24, 2.45) is 0 Å². The minimum absolute atomic E-state index is 0.0996. The van der Waals surface area contributed by atoms with Crippen LogP contribution in [0.15, 0.2) is 30.3 Å². The SMILES string of the molecule is COc1cccc([C@H]2C[C@H](C(F)(F)F)n3nc(C(=O)Nc4sc5c(c4C#N)CCCC5)cc3N2)c1. The number of anilines is 2. The van der Waals surface area contributed by atoms with Gasteiger partial charge in [0, 0.05) is 17.4 Å². The molecule has 2 aliphatic rings. The molecule has 1 aromatic carbocycles. The highest BCUT2D eigenvalue weighted by Gasteiger charge is 2.47. The maximum absolute atomic E-state index is 14.0. The van der Waals surface area contributed by atoms with E-state index in [1.54, 1.807) is 24.3 Å². The minimum atomic E-state index is -4.56. The van der Waals surface area contributed by atoms with Crippen molar-refractivity contribution < 1.29 is 22.7 Å². The van der Waals surface area contributed by atoms with Crippen LogP contribution in [-0.4, -0.2) is 29.0 Å². The molecule has 2 atom stereocenters. The molecule has 0 unspecified atom stereocenters. The molecule has 1 aliphatic heterocycles. The monoisotopic (exact) mass is 501 g/mol. The summed E-state index contributed by atoms with van der Waals surface area (Å²) in [5.41, 5.74) is 1.89. The molecule has 3 aromatic rings. The Morgan fingerprint density at radius 3 is 2.86 bits per heavy atom. The molecule has 11 heteroatoms. The van der Waals surface area contributed by atoms with Crippen LogP contribution in [0.2, 0.25) is 0 Å². The summed E-state index contributed by atoms with van der Waals surface area (Å²) in [5, 5.41) is 19.8. The van der Waals surface area contributed by atoms with Crippen LogP contribution in [0.25, 0.3) is 0 Å². The zero-order valence-corrected chi connectivity index (χ0v) is 19.6. The highest BCUT2D eigenvalue weighted by molar-refractivity contribution is 7.16. The Hall–Kier alpha value is -3.52. The zero-order valence-electron chi connectivity index (χ0n) is 18.8. The average Bonchev–Trinajstić information content (AvgIpc) is 3.43. The number of aryl methyl sites for hydroxylation is 1. The number of methoxy groups -OCH3 is 1. The third kappa shape index (κ3) is 4.34. The molecule has 2 aromatic heterocycles. The van der Waals surface area contributed by atoms with Crippen LogP contribution in [0, 0.1) is 11.3 Å². The highest BCUT2D eigenvalue weighted by atomic mass is 32.1. The third-order valence-corrected chi connectivity index (χ3v) is 7.64. The van der Waals surface area contributed by atoms with E-state index in [1.807, 2.05) is 0 Å². The largest absolute Gasteiger partial charge is 0.497 e. The molecular weight excluding hydrogens is 479 g/mol. The fourth-order valence-corrected chi connectivity index (χ4v) is 5.94. The Morgan fingerprint density at radius 1 is 1.31 bits per heavy atom. The molecule has 0 bridgehead atoms. The maximum Gasteiger partial charge on any atom is 0.410 e. The van der Waals surface area contributed by atoms with Crippen molar-refractivity contribution in [3.63, 3.8) is 0 Å². The van der Waals surface area contributed by atoms with E-state index in [-0.39, 0.29) is 17.9 Å². The number of hydrogen-bond acceptors (Lipinski definition) is 6. The summed E-state index contributed by atoms with van der Waals surface area (Å²) < 4.78 is 48.0. The van der Waals surface area contributed by atoms with Crippen molar-refractivity contribution in [1.29, 1.82) is 5.26 Å². The molecule has 0 fully saturated rings. The van der Waals surface area contributed by atoms with E-state index in [2.05, 4.69) is 21.8 Å². The zero-order chi connectivity index (χ0) is 24.7. The molecule has 7 nitrogen and oxygen atoms in total. The number of carbonyl (C=O) groups is 1. The predicted molar refractivity (Wildman–Crippen MR) is 125 cm³/mol. The molecule has 1 amide bonds. The van der Waals surface area contributed by atoms with Gasteiger partial charge in [-0.2, -0.15) is 23.5 Å². The van der Waals surface area contributed by atoms with Gasteiger partial charge in [0.2, 0.25) is 0 Å². The number of hydrogen-bond donors (Lipinski definition) is 2. The Morgan fingerprint density at radius 2 is 2.11 bits per heavy atom. The molecule has 182 valence electrons. The molecule has 35 heavy (non-hydrogen) atoms. The number of carbonyl (C=O) groups excluding carboxylic acids is 1.